The van der Waals surface area contributed by atoms with Crippen molar-refractivity contribution >= 4 is 79.0 Å². The van der Waals surface area contributed by atoms with E-state index in [1.54, 1.807) is 0 Å². The van der Waals surface area contributed by atoms with Crippen LogP contribution < -0.4 is 26.2 Å². The molecular weight excluding hydrogens is 1160 g/mol. The van der Waals surface area contributed by atoms with Gasteiger partial charge in [0.05, 0.1) is 27.6 Å². The van der Waals surface area contributed by atoms with Gasteiger partial charge in [0.1, 0.15) is 0 Å². The fraction of sp³-hybridized carbons (Fsp3) is 0.0217. The Hall–Kier alpha value is -12.2. The molecule has 15 aromatic carbocycles. The van der Waals surface area contributed by atoms with E-state index >= 15 is 0 Å². The second-order valence-corrected chi connectivity index (χ2v) is 26.9. The Bertz CT molecular complexity index is 5900. The van der Waals surface area contributed by atoms with Crippen molar-refractivity contribution in [1.29, 1.82) is 0 Å². The highest BCUT2D eigenvalue weighted by Crippen LogP contribution is 2.66. The standard InChI is InChI=1S/C92H56BN3/c1-3-23-57(24-4-1)59-43-46-61(47-44-59)94-86-50-45-60(58-25-5-2-6-26-58)51-82(86)93-83-56-81-73(69-32-12-20-40-79(69)92(81)76-37-17-9-29-66(76)67-30-10-18-38-77(67)92)55-87(83)95(89-54-63(53-88(94)90(89)93)96-84-41-21-13-33-71(84)72-34-14-22-42-85(72)96)62-48-49-70-68-31-11-19-39-78(68)91(80(70)52-62)74-35-15-7-27-64(74)65-28-8-16-36-75(65)91/h1-56H. The lowest BCUT2D eigenvalue weighted by atomic mass is 9.33. The summed E-state index contributed by atoms with van der Waals surface area (Å²) in [5.41, 5.74) is 38.6. The second kappa shape index (κ2) is 19.2. The second-order valence-electron chi connectivity index (χ2n) is 26.9. The number of hydrogen-bond acceptors (Lipinski definition) is 2. The van der Waals surface area contributed by atoms with Crippen LogP contribution in [-0.4, -0.2) is 11.3 Å². The maximum Gasteiger partial charge on any atom is 0.252 e. The molecule has 96 heavy (non-hydrogen) atoms. The van der Waals surface area contributed by atoms with E-state index in [9.17, 15) is 0 Å². The normalized spacial score (nSPS) is 14.4. The highest BCUT2D eigenvalue weighted by molar-refractivity contribution is 7.00. The molecule has 0 atom stereocenters. The van der Waals surface area contributed by atoms with Gasteiger partial charge in [-0.05, 0) is 188 Å². The number of hydrogen-bond donors (Lipinski definition) is 0. The Morgan fingerprint density at radius 3 is 1.10 bits per heavy atom. The van der Waals surface area contributed by atoms with Crippen LogP contribution in [0.5, 0.6) is 0 Å². The molecular formula is C92H56BN3. The average Bonchev–Trinajstić information content (AvgIpc) is 1.58. The van der Waals surface area contributed by atoms with Gasteiger partial charge in [-0.25, -0.2) is 0 Å². The van der Waals surface area contributed by atoms with E-state index in [-0.39, 0.29) is 6.71 Å². The lowest BCUT2D eigenvalue weighted by molar-refractivity contribution is 0.793. The van der Waals surface area contributed by atoms with Crippen LogP contribution in [0.2, 0.25) is 0 Å². The number of nitrogens with zero attached hydrogens (tertiary/aromatic N) is 3. The molecule has 0 saturated carbocycles. The lowest BCUT2D eigenvalue weighted by Gasteiger charge is -2.45. The SMILES string of the molecule is c1ccc(-c2ccc(N3c4ccc(-c5ccccc5)cc4B4c5cc6c(cc5N(c5ccc7c(c5)C5(c8ccccc8-c8ccccc85)c5ccccc5-7)c5cc(-n7c8ccccc8c8ccccc87)cc3c54)-c3ccccc3C63c4ccccc4-c4ccccc43)cc2)cc1. The Kier molecular flexibility index (Phi) is 10.5. The Labute approximate surface area is 557 Å². The highest BCUT2D eigenvalue weighted by atomic mass is 15.2. The monoisotopic (exact) mass is 1210 g/mol. The zero-order valence-electron chi connectivity index (χ0n) is 52.3. The van der Waals surface area contributed by atoms with Gasteiger partial charge in [0.25, 0.3) is 6.71 Å². The molecule has 4 heteroatoms. The molecule has 0 unspecified atom stereocenters. The third-order valence-corrected chi connectivity index (χ3v) is 22.6. The van der Waals surface area contributed by atoms with Crippen LogP contribution in [0.1, 0.15) is 44.5 Å². The molecule has 16 aromatic rings. The largest absolute Gasteiger partial charge is 0.311 e. The quantitative estimate of drug-likeness (QED) is 0.159. The molecule has 4 aliphatic carbocycles. The molecule has 442 valence electrons. The third-order valence-electron chi connectivity index (χ3n) is 22.6. The molecule has 3 nitrogen and oxygen atoms in total. The summed E-state index contributed by atoms with van der Waals surface area (Å²) in [4.78, 5) is 5.31. The summed E-state index contributed by atoms with van der Waals surface area (Å²) < 4.78 is 2.53. The first kappa shape index (κ1) is 52.3. The maximum atomic E-state index is 2.71. The van der Waals surface area contributed by atoms with E-state index in [1.807, 2.05) is 0 Å². The molecule has 0 radical (unpaired) electrons. The van der Waals surface area contributed by atoms with E-state index < -0.39 is 10.8 Å². The Balaban J connectivity index is 0.899. The van der Waals surface area contributed by atoms with Gasteiger partial charge in [0.2, 0.25) is 0 Å². The number of fused-ring (bicyclic) bond motifs is 27. The van der Waals surface area contributed by atoms with Crippen LogP contribution in [0.3, 0.4) is 0 Å². The van der Waals surface area contributed by atoms with Crippen LogP contribution in [-0.2, 0) is 10.8 Å². The average molecular weight is 1210 g/mol. The van der Waals surface area contributed by atoms with Gasteiger partial charge in [-0.3, -0.25) is 0 Å². The zero-order chi connectivity index (χ0) is 62.5. The molecule has 1 aromatic heterocycles. The number of anilines is 6. The molecule has 22 rings (SSSR count). The van der Waals surface area contributed by atoms with Crippen LogP contribution in [0.15, 0.2) is 340 Å². The van der Waals surface area contributed by atoms with Crippen molar-refractivity contribution in [3.63, 3.8) is 0 Å². The molecule has 3 heterocycles. The minimum absolute atomic E-state index is 0.219. The highest BCUT2D eigenvalue weighted by Gasteiger charge is 2.55. The van der Waals surface area contributed by atoms with Crippen molar-refractivity contribution in [2.75, 3.05) is 9.80 Å². The van der Waals surface area contributed by atoms with E-state index in [4.69, 9.17) is 0 Å². The van der Waals surface area contributed by atoms with E-state index in [0.29, 0.717) is 0 Å². The number of aromatic nitrogens is 1. The van der Waals surface area contributed by atoms with Crippen LogP contribution in [0.25, 0.3) is 94.3 Å². The summed E-state index contributed by atoms with van der Waals surface area (Å²) in [6.45, 7) is -0.219. The number of benzene rings is 15. The first-order valence-corrected chi connectivity index (χ1v) is 33.7. The van der Waals surface area contributed by atoms with Gasteiger partial charge in [-0.15, -0.1) is 0 Å². The molecule has 0 N–H and O–H groups in total. The predicted molar refractivity (Wildman–Crippen MR) is 398 cm³/mol. The molecule has 2 aliphatic heterocycles. The third kappa shape index (κ3) is 6.62. The van der Waals surface area contributed by atoms with Crippen molar-refractivity contribution in [3.05, 3.63) is 384 Å². The first-order chi connectivity index (χ1) is 47.6. The maximum absolute atomic E-state index is 2.71. The molecule has 0 amide bonds. The molecule has 6 aliphatic rings. The van der Waals surface area contributed by atoms with Crippen molar-refractivity contribution in [2.24, 2.45) is 0 Å². The zero-order valence-corrected chi connectivity index (χ0v) is 52.3. The number of rotatable bonds is 5. The topological polar surface area (TPSA) is 11.4 Å². The first-order valence-electron chi connectivity index (χ1n) is 33.7. The van der Waals surface area contributed by atoms with Gasteiger partial charge in [-0.2, -0.15) is 0 Å². The van der Waals surface area contributed by atoms with Crippen molar-refractivity contribution in [1.82, 2.24) is 4.57 Å². The minimum atomic E-state index is -0.576. The van der Waals surface area contributed by atoms with Crippen molar-refractivity contribution in [2.45, 2.75) is 10.8 Å². The van der Waals surface area contributed by atoms with Gasteiger partial charge in [0, 0.05) is 44.9 Å². The molecule has 0 saturated heterocycles. The van der Waals surface area contributed by atoms with E-state index in [1.165, 1.54) is 155 Å². The minimum Gasteiger partial charge on any atom is -0.311 e. The fourth-order valence-electron chi connectivity index (χ4n) is 18.9. The summed E-state index contributed by atoms with van der Waals surface area (Å²) in [6.07, 6.45) is 0. The summed E-state index contributed by atoms with van der Waals surface area (Å²) in [6, 6.07) is 130. The predicted octanol–water partition coefficient (Wildman–Crippen LogP) is 20.9. The van der Waals surface area contributed by atoms with Crippen LogP contribution >= 0.6 is 0 Å². The van der Waals surface area contributed by atoms with Gasteiger partial charge < -0.3 is 14.4 Å². The van der Waals surface area contributed by atoms with Crippen molar-refractivity contribution < 1.29 is 0 Å². The molecule has 0 fully saturated rings. The summed E-state index contributed by atoms with van der Waals surface area (Å²) in [5, 5.41) is 2.45. The van der Waals surface area contributed by atoms with Crippen LogP contribution in [0.4, 0.5) is 34.1 Å². The van der Waals surface area contributed by atoms with Gasteiger partial charge in [-0.1, -0.05) is 279 Å². The molecule has 2 spiro atoms. The summed E-state index contributed by atoms with van der Waals surface area (Å²) >= 11 is 0. The fourth-order valence-corrected chi connectivity index (χ4v) is 18.9. The van der Waals surface area contributed by atoms with Gasteiger partial charge in [0.15, 0.2) is 0 Å². The smallest absolute Gasteiger partial charge is 0.252 e. The van der Waals surface area contributed by atoms with E-state index in [2.05, 4.69) is 354 Å². The number of para-hydroxylation sites is 2. The summed E-state index contributed by atoms with van der Waals surface area (Å²) in [5.74, 6) is 0. The summed E-state index contributed by atoms with van der Waals surface area (Å²) in [7, 11) is 0. The van der Waals surface area contributed by atoms with E-state index in [0.717, 1.165) is 34.1 Å². The van der Waals surface area contributed by atoms with Crippen LogP contribution in [0, 0.1) is 0 Å². The Morgan fingerprint density at radius 2 is 0.594 bits per heavy atom. The van der Waals surface area contributed by atoms with Gasteiger partial charge >= 0.3 is 0 Å². The molecule has 0 bridgehead atoms. The van der Waals surface area contributed by atoms with Crippen molar-refractivity contribution in [3.8, 4) is 72.4 Å². The lowest BCUT2D eigenvalue weighted by Crippen LogP contribution is -2.61. The Morgan fingerprint density at radius 1 is 0.219 bits per heavy atom.